The fraction of sp³-hybridized carbons (Fsp3) is 0.0233. The Hall–Kier alpha value is -5.51. The highest BCUT2D eigenvalue weighted by Crippen LogP contribution is 2.65. The van der Waals surface area contributed by atoms with Crippen LogP contribution < -0.4 is 5.32 Å². The normalized spacial score (nSPS) is 13.7. The van der Waals surface area contributed by atoms with Gasteiger partial charge < -0.3 is 9.73 Å². The molecular weight excluding hydrogens is 579 g/mol. The Morgan fingerprint density at radius 3 is 1.93 bits per heavy atom. The van der Waals surface area contributed by atoms with E-state index in [1.807, 2.05) is 23.9 Å². The fourth-order valence-corrected chi connectivity index (χ4v) is 9.17. The van der Waals surface area contributed by atoms with E-state index in [0.29, 0.717) is 0 Å². The summed E-state index contributed by atoms with van der Waals surface area (Å²) < 4.78 is 6.31. The molecule has 0 saturated heterocycles. The molecule has 1 aliphatic heterocycles. The van der Waals surface area contributed by atoms with Gasteiger partial charge in [-0.25, -0.2) is 0 Å². The van der Waals surface area contributed by atoms with Crippen LogP contribution in [0.4, 0.5) is 11.4 Å². The summed E-state index contributed by atoms with van der Waals surface area (Å²) in [5.74, 6) is 0. The van der Waals surface area contributed by atoms with E-state index in [9.17, 15) is 0 Å². The summed E-state index contributed by atoms with van der Waals surface area (Å²) in [5, 5.41) is 6.22. The Morgan fingerprint density at radius 1 is 0.478 bits per heavy atom. The van der Waals surface area contributed by atoms with Crippen LogP contribution in [-0.2, 0) is 5.41 Å². The van der Waals surface area contributed by atoms with Crippen molar-refractivity contribution in [2.75, 3.05) is 5.32 Å². The summed E-state index contributed by atoms with van der Waals surface area (Å²) in [6.07, 6.45) is 0. The molecule has 0 atom stereocenters. The average molecular weight is 606 g/mol. The van der Waals surface area contributed by atoms with Crippen LogP contribution >= 0.6 is 11.8 Å². The highest BCUT2D eigenvalue weighted by Gasteiger charge is 2.52. The Bertz CT molecular complexity index is 2450. The zero-order valence-electron chi connectivity index (χ0n) is 24.8. The maximum atomic E-state index is 6.31. The number of benzene rings is 7. The number of rotatable bonds is 3. The van der Waals surface area contributed by atoms with Gasteiger partial charge in [0.15, 0.2) is 0 Å². The minimum absolute atomic E-state index is 0.510. The van der Waals surface area contributed by atoms with E-state index >= 15 is 0 Å². The smallest absolute Gasteiger partial charge is 0.137 e. The van der Waals surface area contributed by atoms with E-state index in [1.165, 1.54) is 54.3 Å². The Morgan fingerprint density at radius 2 is 1.13 bits per heavy atom. The molecule has 7 aromatic carbocycles. The molecule has 1 aliphatic carbocycles. The molecule has 1 aromatic heterocycles. The second-order valence-electron chi connectivity index (χ2n) is 12.1. The van der Waals surface area contributed by atoms with Crippen molar-refractivity contribution in [2.24, 2.45) is 0 Å². The predicted octanol–water partition coefficient (Wildman–Crippen LogP) is 11.8. The Kier molecular flexibility index (Phi) is 5.46. The monoisotopic (exact) mass is 605 g/mol. The van der Waals surface area contributed by atoms with Gasteiger partial charge in [0, 0.05) is 26.4 Å². The largest absolute Gasteiger partial charge is 0.456 e. The number of hydrogen-bond acceptors (Lipinski definition) is 3. The molecule has 2 heterocycles. The van der Waals surface area contributed by atoms with Gasteiger partial charge in [-0.1, -0.05) is 133 Å². The average Bonchev–Trinajstić information content (AvgIpc) is 3.65. The molecule has 216 valence electrons. The van der Waals surface area contributed by atoms with Crippen molar-refractivity contribution in [1.29, 1.82) is 0 Å². The van der Waals surface area contributed by atoms with Gasteiger partial charge in [0.25, 0.3) is 0 Å². The van der Waals surface area contributed by atoms with Crippen LogP contribution in [-0.4, -0.2) is 0 Å². The molecule has 1 spiro atoms. The molecule has 0 fully saturated rings. The third-order valence-electron chi connectivity index (χ3n) is 9.74. The van der Waals surface area contributed by atoms with Crippen LogP contribution in [0.2, 0.25) is 0 Å². The van der Waals surface area contributed by atoms with Crippen LogP contribution in [0, 0.1) is 0 Å². The molecule has 0 amide bonds. The van der Waals surface area contributed by atoms with Crippen LogP contribution in [0.1, 0.15) is 22.3 Å². The number of fused-ring (bicyclic) bond motifs is 12. The number of anilines is 2. The summed E-state index contributed by atoms with van der Waals surface area (Å²) in [4.78, 5) is 2.59. The zero-order chi connectivity index (χ0) is 30.2. The summed E-state index contributed by atoms with van der Waals surface area (Å²) in [6.45, 7) is 0. The van der Waals surface area contributed by atoms with Crippen molar-refractivity contribution in [3.63, 3.8) is 0 Å². The molecule has 10 rings (SSSR count). The molecule has 0 saturated carbocycles. The number of hydrogen-bond donors (Lipinski definition) is 1. The minimum atomic E-state index is -0.510. The van der Waals surface area contributed by atoms with E-state index in [4.69, 9.17) is 4.42 Å². The Balaban J connectivity index is 1.35. The van der Waals surface area contributed by atoms with Crippen molar-refractivity contribution in [3.05, 3.63) is 180 Å². The van der Waals surface area contributed by atoms with Gasteiger partial charge in [-0.05, 0) is 75.3 Å². The number of furan rings is 1. The molecule has 0 radical (unpaired) electrons. The molecule has 0 unspecified atom stereocenters. The van der Waals surface area contributed by atoms with E-state index < -0.39 is 5.41 Å². The first kappa shape index (κ1) is 25.8. The molecule has 8 aromatic rings. The van der Waals surface area contributed by atoms with Crippen molar-refractivity contribution in [3.8, 4) is 22.3 Å². The fourth-order valence-electron chi connectivity index (χ4n) is 7.97. The van der Waals surface area contributed by atoms with Gasteiger partial charge in [0.2, 0.25) is 0 Å². The zero-order valence-corrected chi connectivity index (χ0v) is 25.6. The highest BCUT2D eigenvalue weighted by atomic mass is 32.2. The first-order valence-electron chi connectivity index (χ1n) is 15.7. The lowest BCUT2D eigenvalue weighted by atomic mass is 9.66. The maximum Gasteiger partial charge on any atom is 0.137 e. The summed E-state index contributed by atoms with van der Waals surface area (Å²) in [6, 6.07) is 57.1. The summed E-state index contributed by atoms with van der Waals surface area (Å²) >= 11 is 1.87. The van der Waals surface area contributed by atoms with Crippen LogP contribution in [0.3, 0.4) is 0 Å². The molecular formula is C43H27NOS. The van der Waals surface area contributed by atoms with Gasteiger partial charge in [0.1, 0.15) is 11.2 Å². The van der Waals surface area contributed by atoms with Crippen LogP contribution in [0.25, 0.3) is 44.2 Å². The third kappa shape index (κ3) is 3.44. The quantitative estimate of drug-likeness (QED) is 0.217. The molecule has 0 bridgehead atoms. The lowest BCUT2D eigenvalue weighted by Crippen LogP contribution is -2.32. The SMILES string of the molecule is c1ccc(-c2ccc(Nc3cccc4oc5ccccc5c34)c3c2-c2ccccc2C32c3ccccc3Sc3ccccc32)cc1. The second kappa shape index (κ2) is 9.74. The number of para-hydroxylation sites is 1. The topological polar surface area (TPSA) is 25.2 Å². The third-order valence-corrected chi connectivity index (χ3v) is 10.9. The molecule has 2 aliphatic rings. The van der Waals surface area contributed by atoms with Gasteiger partial charge in [0.05, 0.1) is 16.5 Å². The summed E-state index contributed by atoms with van der Waals surface area (Å²) in [5.41, 5.74) is 13.7. The Labute approximate surface area is 271 Å². The van der Waals surface area contributed by atoms with Crippen LogP contribution in [0.15, 0.2) is 172 Å². The first-order chi connectivity index (χ1) is 22.8. The van der Waals surface area contributed by atoms with Gasteiger partial charge in [-0.2, -0.15) is 0 Å². The maximum absolute atomic E-state index is 6.31. The van der Waals surface area contributed by atoms with E-state index in [1.54, 1.807) is 0 Å². The highest BCUT2D eigenvalue weighted by molar-refractivity contribution is 7.99. The van der Waals surface area contributed by atoms with Crippen molar-refractivity contribution in [1.82, 2.24) is 0 Å². The van der Waals surface area contributed by atoms with Crippen molar-refractivity contribution >= 4 is 45.1 Å². The van der Waals surface area contributed by atoms with E-state index in [2.05, 4.69) is 151 Å². The van der Waals surface area contributed by atoms with Gasteiger partial charge in [-0.3, -0.25) is 0 Å². The van der Waals surface area contributed by atoms with Crippen molar-refractivity contribution in [2.45, 2.75) is 15.2 Å². The van der Waals surface area contributed by atoms with Crippen molar-refractivity contribution < 1.29 is 4.42 Å². The van der Waals surface area contributed by atoms with Crippen LogP contribution in [0.5, 0.6) is 0 Å². The van der Waals surface area contributed by atoms with E-state index in [-0.39, 0.29) is 0 Å². The lowest BCUT2D eigenvalue weighted by molar-refractivity contribution is 0.669. The molecule has 2 nitrogen and oxygen atoms in total. The standard InChI is InChI=1S/C43H27NOS/c1-2-13-27(14-3-1)28-25-26-35(44-34-20-12-22-37-41(34)30-16-5-9-21-36(30)45-37)42-40(28)29-15-4-6-17-31(29)43(42)32-18-7-10-23-38(32)46-39-24-11-8-19-33(39)43/h1-26,44H. The molecule has 46 heavy (non-hydrogen) atoms. The molecule has 3 heteroatoms. The number of nitrogens with one attached hydrogen (secondary N) is 1. The van der Waals surface area contributed by atoms with Gasteiger partial charge in [-0.15, -0.1) is 0 Å². The lowest BCUT2D eigenvalue weighted by Gasteiger charge is -2.40. The second-order valence-corrected chi connectivity index (χ2v) is 13.2. The predicted molar refractivity (Wildman–Crippen MR) is 190 cm³/mol. The minimum Gasteiger partial charge on any atom is -0.456 e. The van der Waals surface area contributed by atoms with E-state index in [0.717, 1.165) is 33.3 Å². The van der Waals surface area contributed by atoms with Gasteiger partial charge >= 0.3 is 0 Å². The first-order valence-corrected chi connectivity index (χ1v) is 16.5. The summed E-state index contributed by atoms with van der Waals surface area (Å²) in [7, 11) is 0. The molecule has 1 N–H and O–H groups in total.